The lowest BCUT2D eigenvalue weighted by atomic mass is 10.2. The second-order valence-electron chi connectivity index (χ2n) is 4.30. The Morgan fingerprint density at radius 3 is 2.33 bits per heavy atom. The van der Waals surface area contributed by atoms with Gasteiger partial charge in [-0.25, -0.2) is 9.59 Å². The maximum absolute atomic E-state index is 11.8. The summed E-state index contributed by atoms with van der Waals surface area (Å²) < 4.78 is 0. The van der Waals surface area contributed by atoms with Crippen LogP contribution in [0.1, 0.15) is 13.3 Å². The Morgan fingerprint density at radius 1 is 1.28 bits per heavy atom. The molecule has 1 aliphatic rings. The smallest absolute Gasteiger partial charge is 0.326 e. The van der Waals surface area contributed by atoms with Gasteiger partial charge in [-0.05, 0) is 6.42 Å². The molecule has 1 fully saturated rings. The molecule has 0 aromatic rings. The van der Waals surface area contributed by atoms with Crippen LogP contribution >= 0.6 is 0 Å². The van der Waals surface area contributed by atoms with Crippen LogP contribution in [0.5, 0.6) is 0 Å². The number of rotatable bonds is 5. The van der Waals surface area contributed by atoms with Crippen molar-refractivity contribution in [3.8, 4) is 0 Å². The number of amides is 2. The number of carbonyl (C=O) groups is 2. The molecule has 1 rings (SSSR count). The Labute approximate surface area is 106 Å². The number of carboxylic acid groups (broad SMARTS) is 1. The maximum Gasteiger partial charge on any atom is 0.326 e. The highest BCUT2D eigenvalue weighted by molar-refractivity contribution is 5.82. The molecule has 0 bridgehead atoms. The van der Waals surface area contributed by atoms with Gasteiger partial charge < -0.3 is 20.4 Å². The molecular formula is C11H21N3O4. The summed E-state index contributed by atoms with van der Waals surface area (Å²) >= 11 is 0. The number of β-amino-alcohol motifs (C(OH)–C–C–N with tert-alkyl or cyclic N) is 1. The molecule has 2 amide bonds. The molecule has 0 aromatic heterocycles. The van der Waals surface area contributed by atoms with Crippen molar-refractivity contribution in [3.05, 3.63) is 0 Å². The van der Waals surface area contributed by atoms with Gasteiger partial charge in [0.2, 0.25) is 0 Å². The fraction of sp³-hybridized carbons (Fsp3) is 0.818. The molecule has 7 heteroatoms. The van der Waals surface area contributed by atoms with E-state index in [1.54, 1.807) is 11.8 Å². The van der Waals surface area contributed by atoms with Crippen LogP contribution in [0.4, 0.5) is 4.79 Å². The minimum Gasteiger partial charge on any atom is -0.480 e. The zero-order valence-electron chi connectivity index (χ0n) is 10.6. The fourth-order valence-corrected chi connectivity index (χ4v) is 1.89. The largest absolute Gasteiger partial charge is 0.480 e. The van der Waals surface area contributed by atoms with Crippen LogP contribution in [0.25, 0.3) is 0 Å². The van der Waals surface area contributed by atoms with Crippen molar-refractivity contribution in [3.63, 3.8) is 0 Å². The summed E-state index contributed by atoms with van der Waals surface area (Å²) in [5.74, 6) is -1.01. The predicted molar refractivity (Wildman–Crippen MR) is 65.3 cm³/mol. The van der Waals surface area contributed by atoms with Gasteiger partial charge in [0.25, 0.3) is 0 Å². The second kappa shape index (κ2) is 7.17. The van der Waals surface area contributed by atoms with Crippen LogP contribution in [-0.4, -0.2) is 77.4 Å². The van der Waals surface area contributed by atoms with E-state index in [1.165, 1.54) is 0 Å². The second-order valence-corrected chi connectivity index (χ2v) is 4.30. The van der Waals surface area contributed by atoms with E-state index in [0.29, 0.717) is 39.1 Å². The summed E-state index contributed by atoms with van der Waals surface area (Å²) in [5.41, 5.74) is 0. The molecular weight excluding hydrogens is 238 g/mol. The normalized spacial score (nSPS) is 18.4. The number of aliphatic hydroxyl groups excluding tert-OH is 1. The molecule has 0 aromatic carbocycles. The van der Waals surface area contributed by atoms with Crippen LogP contribution in [0, 0.1) is 0 Å². The molecule has 7 nitrogen and oxygen atoms in total. The van der Waals surface area contributed by atoms with Gasteiger partial charge in [0, 0.05) is 32.7 Å². The van der Waals surface area contributed by atoms with E-state index < -0.39 is 12.0 Å². The van der Waals surface area contributed by atoms with Crippen molar-refractivity contribution in [2.75, 3.05) is 39.3 Å². The SMILES string of the molecule is CC[C@H](NC(=O)N1CCN(CCO)CC1)C(=O)O. The quantitative estimate of drug-likeness (QED) is 0.599. The van der Waals surface area contributed by atoms with Gasteiger partial charge >= 0.3 is 12.0 Å². The monoisotopic (exact) mass is 259 g/mol. The Balaban J connectivity index is 2.38. The lowest BCUT2D eigenvalue weighted by molar-refractivity contribution is -0.139. The number of carboxylic acids is 1. The molecule has 1 atom stereocenters. The number of hydrogen-bond acceptors (Lipinski definition) is 4. The lowest BCUT2D eigenvalue weighted by Crippen LogP contribution is -2.54. The molecule has 1 saturated heterocycles. The molecule has 1 aliphatic heterocycles. The average Bonchev–Trinajstić information content (AvgIpc) is 2.36. The number of aliphatic hydroxyl groups is 1. The first-order valence-corrected chi connectivity index (χ1v) is 6.20. The van der Waals surface area contributed by atoms with E-state index in [-0.39, 0.29) is 12.6 Å². The van der Waals surface area contributed by atoms with Crippen molar-refractivity contribution in [2.45, 2.75) is 19.4 Å². The van der Waals surface area contributed by atoms with Crippen molar-refractivity contribution in [2.24, 2.45) is 0 Å². The number of nitrogens with zero attached hydrogens (tertiary/aromatic N) is 2. The standard InChI is InChI=1S/C11H21N3O4/c1-2-9(10(16)17)12-11(18)14-5-3-13(4-6-14)7-8-15/h9,15H,2-8H2,1H3,(H,12,18)(H,16,17)/t9-/m0/s1. The molecule has 104 valence electrons. The zero-order valence-corrected chi connectivity index (χ0v) is 10.6. The van der Waals surface area contributed by atoms with Crippen LogP contribution in [0.2, 0.25) is 0 Å². The summed E-state index contributed by atoms with van der Waals surface area (Å²) in [7, 11) is 0. The van der Waals surface area contributed by atoms with Crippen LogP contribution in [0.15, 0.2) is 0 Å². The van der Waals surface area contributed by atoms with E-state index in [0.717, 1.165) is 0 Å². The van der Waals surface area contributed by atoms with Crippen molar-refractivity contribution >= 4 is 12.0 Å². The predicted octanol–water partition coefficient (Wildman–Crippen LogP) is -0.831. The number of carbonyl (C=O) groups excluding carboxylic acids is 1. The Kier molecular flexibility index (Phi) is 5.87. The minimum atomic E-state index is -1.01. The number of piperazine rings is 1. The van der Waals surface area contributed by atoms with Gasteiger partial charge in [-0.1, -0.05) is 6.92 Å². The first-order valence-electron chi connectivity index (χ1n) is 6.20. The van der Waals surface area contributed by atoms with E-state index in [4.69, 9.17) is 10.2 Å². The van der Waals surface area contributed by atoms with Gasteiger partial charge in [-0.2, -0.15) is 0 Å². The highest BCUT2D eigenvalue weighted by Crippen LogP contribution is 2.02. The summed E-state index contributed by atoms with van der Waals surface area (Å²) in [5, 5.41) is 20.2. The Hall–Kier alpha value is -1.34. The molecule has 0 unspecified atom stereocenters. The molecule has 1 heterocycles. The van der Waals surface area contributed by atoms with Crippen molar-refractivity contribution in [1.82, 2.24) is 15.1 Å². The number of aliphatic carboxylic acids is 1. The number of nitrogens with one attached hydrogen (secondary N) is 1. The maximum atomic E-state index is 11.8. The van der Waals surface area contributed by atoms with Crippen LogP contribution in [0.3, 0.4) is 0 Å². The third-order valence-electron chi connectivity index (χ3n) is 3.08. The lowest BCUT2D eigenvalue weighted by Gasteiger charge is -2.34. The highest BCUT2D eigenvalue weighted by Gasteiger charge is 2.24. The number of urea groups is 1. The molecule has 0 radical (unpaired) electrons. The Bertz CT molecular complexity index is 290. The van der Waals surface area contributed by atoms with Gasteiger partial charge in [-0.15, -0.1) is 0 Å². The minimum absolute atomic E-state index is 0.114. The van der Waals surface area contributed by atoms with Gasteiger partial charge in [0.05, 0.1) is 6.61 Å². The summed E-state index contributed by atoms with van der Waals surface area (Å²) in [6, 6.07) is -1.15. The third-order valence-corrected chi connectivity index (χ3v) is 3.08. The molecule has 18 heavy (non-hydrogen) atoms. The van der Waals surface area contributed by atoms with Crippen LogP contribution in [-0.2, 0) is 4.79 Å². The summed E-state index contributed by atoms with van der Waals surface area (Å²) in [4.78, 5) is 26.3. The van der Waals surface area contributed by atoms with E-state index in [1.807, 2.05) is 0 Å². The van der Waals surface area contributed by atoms with Crippen molar-refractivity contribution < 1.29 is 19.8 Å². The van der Waals surface area contributed by atoms with Crippen molar-refractivity contribution in [1.29, 1.82) is 0 Å². The zero-order chi connectivity index (χ0) is 13.5. The van der Waals surface area contributed by atoms with E-state index in [9.17, 15) is 9.59 Å². The first kappa shape index (κ1) is 14.7. The van der Waals surface area contributed by atoms with Gasteiger partial charge in [0.15, 0.2) is 0 Å². The average molecular weight is 259 g/mol. The molecule has 0 aliphatic carbocycles. The Morgan fingerprint density at radius 2 is 1.89 bits per heavy atom. The van der Waals surface area contributed by atoms with Crippen LogP contribution < -0.4 is 5.32 Å². The molecule has 0 spiro atoms. The van der Waals surface area contributed by atoms with Gasteiger partial charge in [-0.3, -0.25) is 4.90 Å². The fourth-order valence-electron chi connectivity index (χ4n) is 1.89. The summed E-state index contributed by atoms with van der Waals surface area (Å²) in [6.07, 6.45) is 0.367. The first-order chi connectivity index (χ1) is 8.58. The number of hydrogen-bond donors (Lipinski definition) is 3. The topological polar surface area (TPSA) is 93.1 Å². The highest BCUT2D eigenvalue weighted by atomic mass is 16.4. The molecule has 3 N–H and O–H groups in total. The van der Waals surface area contributed by atoms with E-state index in [2.05, 4.69) is 10.2 Å². The third kappa shape index (κ3) is 4.15. The summed E-state index contributed by atoms with van der Waals surface area (Å²) in [6.45, 7) is 4.98. The molecule has 0 saturated carbocycles. The van der Waals surface area contributed by atoms with E-state index >= 15 is 0 Å². The van der Waals surface area contributed by atoms with Gasteiger partial charge in [0.1, 0.15) is 6.04 Å².